The van der Waals surface area contributed by atoms with Gasteiger partial charge in [0.1, 0.15) is 0 Å². The van der Waals surface area contributed by atoms with E-state index in [0.29, 0.717) is 6.42 Å². The molecule has 0 rings (SSSR count). The van der Waals surface area contributed by atoms with Crippen LogP contribution in [0.1, 0.15) is 162 Å². The summed E-state index contributed by atoms with van der Waals surface area (Å²) in [6.07, 6.45) is 67.8. The van der Waals surface area contributed by atoms with Crippen LogP contribution in [0.25, 0.3) is 0 Å². The van der Waals surface area contributed by atoms with Gasteiger partial charge in [0.15, 0.2) is 0 Å². The Hall–Kier alpha value is -3.21. The van der Waals surface area contributed by atoms with Gasteiger partial charge in [-0.25, -0.2) is 0 Å². The Balaban J connectivity index is 3.59. The van der Waals surface area contributed by atoms with Crippen molar-refractivity contribution in [2.45, 2.75) is 174 Å². The molecule has 0 aliphatic carbocycles. The number of carbonyl (C=O) groups excluding carboxylic acids is 1. The highest BCUT2D eigenvalue weighted by Gasteiger charge is 2.17. The van der Waals surface area contributed by atoms with Crippen LogP contribution in [0.3, 0.4) is 0 Å². The van der Waals surface area contributed by atoms with E-state index in [0.717, 1.165) is 96.3 Å². The molecule has 2 unspecified atom stereocenters. The van der Waals surface area contributed by atoms with Crippen LogP contribution < -0.4 is 5.32 Å². The largest absolute Gasteiger partial charge is 0.394 e. The van der Waals surface area contributed by atoms with Crippen LogP contribution in [0.2, 0.25) is 0 Å². The van der Waals surface area contributed by atoms with E-state index in [4.69, 9.17) is 0 Å². The van der Waals surface area contributed by atoms with E-state index < -0.39 is 12.1 Å². The monoisotopic (exact) mass is 730 g/mol. The molecule has 0 aliphatic heterocycles. The van der Waals surface area contributed by atoms with Gasteiger partial charge in [-0.3, -0.25) is 4.79 Å². The molecule has 0 heterocycles. The van der Waals surface area contributed by atoms with Crippen LogP contribution in [0.15, 0.2) is 122 Å². The van der Waals surface area contributed by atoms with Gasteiger partial charge in [-0.05, 0) is 83.5 Å². The third-order valence-electron chi connectivity index (χ3n) is 8.70. The lowest BCUT2D eigenvalue weighted by atomic mass is 10.1. The minimum Gasteiger partial charge on any atom is -0.394 e. The lowest BCUT2D eigenvalue weighted by Gasteiger charge is -2.19. The summed E-state index contributed by atoms with van der Waals surface area (Å²) in [6, 6.07) is -0.628. The minimum absolute atomic E-state index is 0.0873. The Labute approximate surface area is 327 Å². The highest BCUT2D eigenvalue weighted by atomic mass is 16.3. The van der Waals surface area contributed by atoms with E-state index in [1.807, 2.05) is 6.08 Å². The Morgan fingerprint density at radius 2 is 0.830 bits per heavy atom. The standard InChI is InChI=1S/C49H79NO3/c1-3-5-7-9-10-11-12-13-14-15-16-17-18-19-20-21-22-23-24-25-26-27-28-29-30-31-32-33-34-35-36-37-38-39-40-41-43-45-49(53)50-47(46-51)48(52)44-42-8-6-4-2/h5,7,10-11,13-14,16-17,19-20,22-23,25-26,28-29,31-32,42,44,47-48,51-52H,3-4,6,8-9,12,15,18,21,24,27,30,33-41,43,45-46H2,1-2H3,(H,50,53)/b7-5-,11-10-,14-13-,17-16-,20-19-,23-22-,26-25-,29-28-,32-31-,44-42+. The molecule has 0 aromatic carbocycles. The van der Waals surface area contributed by atoms with Crippen molar-refractivity contribution in [3.8, 4) is 0 Å². The lowest BCUT2D eigenvalue weighted by molar-refractivity contribution is -0.123. The molecule has 53 heavy (non-hydrogen) atoms. The fraction of sp³-hybridized carbons (Fsp3) is 0.571. The molecule has 0 aromatic rings. The summed E-state index contributed by atoms with van der Waals surface area (Å²) in [4.78, 5) is 12.2. The number of hydrogen-bond donors (Lipinski definition) is 3. The van der Waals surface area contributed by atoms with Gasteiger partial charge in [0, 0.05) is 6.42 Å². The Morgan fingerprint density at radius 1 is 0.472 bits per heavy atom. The normalized spacial score (nSPS) is 14.3. The zero-order valence-corrected chi connectivity index (χ0v) is 34.0. The Kier molecular flexibility index (Phi) is 40.6. The topological polar surface area (TPSA) is 69.6 Å². The zero-order chi connectivity index (χ0) is 38.6. The molecule has 0 saturated carbocycles. The van der Waals surface area contributed by atoms with Crippen molar-refractivity contribution in [1.82, 2.24) is 5.32 Å². The number of unbranched alkanes of at least 4 members (excludes halogenated alkanes) is 11. The molecule has 0 aliphatic rings. The predicted molar refractivity (Wildman–Crippen MR) is 234 cm³/mol. The summed E-state index contributed by atoms with van der Waals surface area (Å²) in [5.41, 5.74) is 0. The molecule has 0 bridgehead atoms. The quantitative estimate of drug-likeness (QED) is 0.0444. The summed E-state index contributed by atoms with van der Waals surface area (Å²) in [6.45, 7) is 4.03. The second-order valence-corrected chi connectivity index (χ2v) is 13.7. The van der Waals surface area contributed by atoms with Gasteiger partial charge >= 0.3 is 0 Å². The summed E-state index contributed by atoms with van der Waals surface area (Å²) in [5.74, 6) is -0.0873. The fourth-order valence-electron chi connectivity index (χ4n) is 5.45. The molecule has 298 valence electrons. The maximum Gasteiger partial charge on any atom is 0.220 e. The van der Waals surface area contributed by atoms with Crippen molar-refractivity contribution < 1.29 is 15.0 Å². The number of carbonyl (C=O) groups is 1. The fourth-order valence-corrected chi connectivity index (χ4v) is 5.45. The van der Waals surface area contributed by atoms with Gasteiger partial charge < -0.3 is 15.5 Å². The van der Waals surface area contributed by atoms with Crippen LogP contribution in [0, 0.1) is 0 Å². The van der Waals surface area contributed by atoms with E-state index in [1.165, 1.54) is 44.9 Å². The number of amides is 1. The molecule has 4 nitrogen and oxygen atoms in total. The Bertz CT molecular complexity index is 1100. The molecule has 0 aromatic heterocycles. The first-order chi connectivity index (χ1) is 26.2. The smallest absolute Gasteiger partial charge is 0.220 e. The summed E-state index contributed by atoms with van der Waals surface area (Å²) in [5, 5.41) is 22.5. The van der Waals surface area contributed by atoms with E-state index in [2.05, 4.69) is 129 Å². The van der Waals surface area contributed by atoms with Crippen LogP contribution in [-0.4, -0.2) is 34.9 Å². The first kappa shape index (κ1) is 49.8. The number of aliphatic hydroxyl groups is 2. The number of nitrogens with one attached hydrogen (secondary N) is 1. The van der Waals surface area contributed by atoms with Gasteiger partial charge in [0.2, 0.25) is 5.91 Å². The maximum atomic E-state index is 12.2. The first-order valence-electron chi connectivity index (χ1n) is 21.2. The molecule has 2 atom stereocenters. The van der Waals surface area contributed by atoms with Gasteiger partial charge in [-0.2, -0.15) is 0 Å². The third-order valence-corrected chi connectivity index (χ3v) is 8.70. The van der Waals surface area contributed by atoms with E-state index in [1.54, 1.807) is 6.08 Å². The predicted octanol–water partition coefficient (Wildman–Crippen LogP) is 13.4. The van der Waals surface area contributed by atoms with E-state index >= 15 is 0 Å². The van der Waals surface area contributed by atoms with Crippen molar-refractivity contribution in [3.05, 3.63) is 122 Å². The number of hydrogen-bond acceptors (Lipinski definition) is 3. The zero-order valence-electron chi connectivity index (χ0n) is 34.0. The third kappa shape index (κ3) is 39.8. The molecule has 0 saturated heterocycles. The summed E-state index contributed by atoms with van der Waals surface area (Å²) >= 11 is 0. The molecular weight excluding hydrogens is 651 g/mol. The second kappa shape index (κ2) is 43.2. The Morgan fingerprint density at radius 3 is 1.23 bits per heavy atom. The number of rotatable bonds is 36. The molecule has 1 amide bonds. The van der Waals surface area contributed by atoms with Crippen molar-refractivity contribution in [2.75, 3.05) is 6.61 Å². The highest BCUT2D eigenvalue weighted by Crippen LogP contribution is 2.12. The average molecular weight is 730 g/mol. The minimum atomic E-state index is -0.844. The van der Waals surface area contributed by atoms with Crippen molar-refractivity contribution in [3.63, 3.8) is 0 Å². The molecule has 3 N–H and O–H groups in total. The van der Waals surface area contributed by atoms with Crippen molar-refractivity contribution in [1.29, 1.82) is 0 Å². The highest BCUT2D eigenvalue weighted by molar-refractivity contribution is 5.76. The molecule has 0 spiro atoms. The van der Waals surface area contributed by atoms with Crippen LogP contribution in [0.5, 0.6) is 0 Å². The van der Waals surface area contributed by atoms with Gasteiger partial charge in [0.25, 0.3) is 0 Å². The summed E-state index contributed by atoms with van der Waals surface area (Å²) in [7, 11) is 0. The molecular formula is C49H79NO3. The maximum absolute atomic E-state index is 12.2. The number of aliphatic hydroxyl groups excluding tert-OH is 2. The van der Waals surface area contributed by atoms with Gasteiger partial charge in [-0.1, -0.05) is 193 Å². The van der Waals surface area contributed by atoms with Crippen molar-refractivity contribution in [2.24, 2.45) is 0 Å². The summed E-state index contributed by atoms with van der Waals surface area (Å²) < 4.78 is 0. The van der Waals surface area contributed by atoms with E-state index in [-0.39, 0.29) is 12.5 Å². The molecule has 4 heteroatoms. The van der Waals surface area contributed by atoms with E-state index in [9.17, 15) is 15.0 Å². The molecule has 0 fully saturated rings. The van der Waals surface area contributed by atoms with Crippen LogP contribution in [-0.2, 0) is 4.79 Å². The average Bonchev–Trinajstić information content (AvgIpc) is 3.16. The SMILES string of the molecule is CC/C=C\C/C=C\C/C=C\C/C=C\C/C=C\C/C=C\C/C=C\C/C=C\C/C=C\CCCCCCCCCCCC(=O)NC(CO)C(O)/C=C/CCCC. The first-order valence-corrected chi connectivity index (χ1v) is 21.2. The van der Waals surface area contributed by atoms with Crippen LogP contribution >= 0.6 is 0 Å². The van der Waals surface area contributed by atoms with Crippen LogP contribution in [0.4, 0.5) is 0 Å². The van der Waals surface area contributed by atoms with Crippen molar-refractivity contribution >= 4 is 5.91 Å². The lowest BCUT2D eigenvalue weighted by Crippen LogP contribution is -2.45. The van der Waals surface area contributed by atoms with Gasteiger partial charge in [-0.15, -0.1) is 0 Å². The number of allylic oxidation sites excluding steroid dienone is 19. The van der Waals surface area contributed by atoms with Gasteiger partial charge in [0.05, 0.1) is 18.8 Å². The second-order valence-electron chi connectivity index (χ2n) is 13.7. The molecule has 0 radical (unpaired) electrons.